The van der Waals surface area contributed by atoms with E-state index in [4.69, 9.17) is 21.1 Å². The van der Waals surface area contributed by atoms with Gasteiger partial charge in [0.2, 0.25) is 0 Å². The Labute approximate surface area is 165 Å². The molecule has 0 bridgehead atoms. The van der Waals surface area contributed by atoms with E-state index in [9.17, 15) is 4.79 Å². The van der Waals surface area contributed by atoms with Gasteiger partial charge >= 0.3 is 0 Å². The molecular weight excluding hydrogens is 362 g/mol. The second-order valence-corrected chi connectivity index (χ2v) is 7.85. The van der Waals surface area contributed by atoms with Gasteiger partial charge in [0.1, 0.15) is 6.61 Å². The van der Waals surface area contributed by atoms with Gasteiger partial charge in [-0.1, -0.05) is 23.7 Å². The van der Waals surface area contributed by atoms with Gasteiger partial charge in [0.05, 0.1) is 7.11 Å². The van der Waals surface area contributed by atoms with Crippen molar-refractivity contribution in [2.75, 3.05) is 13.7 Å². The van der Waals surface area contributed by atoms with Crippen LogP contribution in [0.5, 0.6) is 11.5 Å². The lowest BCUT2D eigenvalue weighted by Crippen LogP contribution is -2.34. The first kappa shape index (κ1) is 18.2. The van der Waals surface area contributed by atoms with E-state index < -0.39 is 0 Å². The van der Waals surface area contributed by atoms with E-state index in [0.717, 1.165) is 24.9 Å². The zero-order valence-electron chi connectivity index (χ0n) is 15.5. The van der Waals surface area contributed by atoms with Gasteiger partial charge in [-0.2, -0.15) is 0 Å². The number of ether oxygens (including phenoxy) is 2. The number of halogens is 1. The first-order valence-corrected chi connectivity index (χ1v) is 9.88. The summed E-state index contributed by atoms with van der Waals surface area (Å²) in [6.45, 7) is 1.30. The molecule has 2 aromatic rings. The van der Waals surface area contributed by atoms with Gasteiger partial charge in [-0.3, -0.25) is 4.79 Å². The van der Waals surface area contributed by atoms with E-state index in [-0.39, 0.29) is 5.91 Å². The van der Waals surface area contributed by atoms with Crippen molar-refractivity contribution in [2.24, 2.45) is 5.92 Å². The topological polar surface area (TPSA) is 38.8 Å². The van der Waals surface area contributed by atoms with Crippen LogP contribution in [0.4, 0.5) is 0 Å². The first-order chi connectivity index (χ1) is 13.1. The van der Waals surface area contributed by atoms with Crippen molar-refractivity contribution in [1.82, 2.24) is 4.90 Å². The summed E-state index contributed by atoms with van der Waals surface area (Å²) in [5.74, 6) is 2.01. The fourth-order valence-corrected chi connectivity index (χ4v) is 3.32. The zero-order chi connectivity index (χ0) is 18.8. The van der Waals surface area contributed by atoms with Crippen molar-refractivity contribution in [2.45, 2.75) is 38.3 Å². The van der Waals surface area contributed by atoms with E-state index in [1.165, 1.54) is 12.8 Å². The molecule has 0 radical (unpaired) electrons. The van der Waals surface area contributed by atoms with Crippen LogP contribution < -0.4 is 9.47 Å². The largest absolute Gasteiger partial charge is 0.493 e. The van der Waals surface area contributed by atoms with Crippen LogP contribution in [0.1, 0.15) is 41.6 Å². The molecule has 4 nitrogen and oxygen atoms in total. The van der Waals surface area contributed by atoms with Crippen molar-refractivity contribution in [3.05, 3.63) is 58.6 Å². The highest BCUT2D eigenvalue weighted by Gasteiger charge is 2.37. The van der Waals surface area contributed by atoms with Crippen molar-refractivity contribution >= 4 is 17.5 Å². The molecule has 0 heterocycles. The third-order valence-corrected chi connectivity index (χ3v) is 5.37. The number of rotatable bonds is 8. The number of hydrogen-bond donors (Lipinski definition) is 0. The molecule has 0 N–H and O–H groups in total. The van der Waals surface area contributed by atoms with Gasteiger partial charge in [0.15, 0.2) is 11.5 Å². The molecule has 0 spiro atoms. The number of methoxy groups -OCH3 is 1. The molecule has 0 atom stereocenters. The summed E-state index contributed by atoms with van der Waals surface area (Å²) in [6.07, 6.45) is 4.74. The lowest BCUT2D eigenvalue weighted by Gasteiger charge is -2.23. The average molecular weight is 386 g/mol. The fraction of sp³-hybridized carbons (Fsp3) is 0.409. The number of nitrogens with zero attached hydrogens (tertiary/aromatic N) is 1. The Morgan fingerprint density at radius 3 is 2.44 bits per heavy atom. The molecule has 1 amide bonds. The fourth-order valence-electron chi connectivity index (χ4n) is 3.19. The maximum Gasteiger partial charge on any atom is 0.254 e. The lowest BCUT2D eigenvalue weighted by atomic mass is 10.1. The van der Waals surface area contributed by atoms with Gasteiger partial charge in [0.25, 0.3) is 5.91 Å². The highest BCUT2D eigenvalue weighted by molar-refractivity contribution is 6.30. The predicted octanol–water partition coefficient (Wildman–Crippen LogP) is 4.94. The standard InChI is InChI=1S/C22H24ClNO3/c1-26-21-12-17(22(25)24(19-9-10-19)13-15-2-3-15)6-11-20(21)27-14-16-4-7-18(23)8-5-16/h4-8,11-12,15,19H,2-3,9-10,13-14H2,1H3. The van der Waals surface area contributed by atoms with E-state index in [0.29, 0.717) is 40.7 Å². The molecule has 5 heteroatoms. The second-order valence-electron chi connectivity index (χ2n) is 7.41. The smallest absolute Gasteiger partial charge is 0.254 e. The molecular formula is C22H24ClNO3. The molecule has 27 heavy (non-hydrogen) atoms. The van der Waals surface area contributed by atoms with Crippen molar-refractivity contribution in [1.29, 1.82) is 0 Å². The van der Waals surface area contributed by atoms with Gasteiger partial charge in [-0.25, -0.2) is 0 Å². The maximum absolute atomic E-state index is 13.0. The lowest BCUT2D eigenvalue weighted by molar-refractivity contribution is 0.0734. The van der Waals surface area contributed by atoms with Crippen molar-refractivity contribution < 1.29 is 14.3 Å². The number of amides is 1. The molecule has 2 aliphatic carbocycles. The van der Waals surface area contributed by atoms with Gasteiger partial charge < -0.3 is 14.4 Å². The second kappa shape index (κ2) is 7.81. The Hall–Kier alpha value is -2.20. The summed E-state index contributed by atoms with van der Waals surface area (Å²) in [5, 5.41) is 0.700. The normalized spacial score (nSPS) is 16.1. The Balaban J connectivity index is 1.46. The Morgan fingerprint density at radius 1 is 1.07 bits per heavy atom. The predicted molar refractivity (Wildman–Crippen MR) is 106 cm³/mol. The Kier molecular flexibility index (Phi) is 5.26. The van der Waals surface area contributed by atoms with E-state index in [2.05, 4.69) is 4.90 Å². The van der Waals surface area contributed by atoms with E-state index >= 15 is 0 Å². The van der Waals surface area contributed by atoms with Gasteiger partial charge in [-0.05, 0) is 67.5 Å². The highest BCUT2D eigenvalue weighted by Crippen LogP contribution is 2.36. The SMILES string of the molecule is COc1cc(C(=O)N(CC2CC2)C2CC2)ccc1OCc1ccc(Cl)cc1. The molecule has 0 aliphatic heterocycles. The molecule has 0 aromatic heterocycles. The minimum absolute atomic E-state index is 0.104. The maximum atomic E-state index is 13.0. The van der Waals surface area contributed by atoms with E-state index in [1.54, 1.807) is 13.2 Å². The molecule has 2 aliphatic rings. The van der Waals surface area contributed by atoms with Gasteiger partial charge in [0, 0.05) is 23.2 Å². The van der Waals surface area contributed by atoms with E-state index in [1.807, 2.05) is 36.4 Å². The first-order valence-electron chi connectivity index (χ1n) is 9.50. The number of carbonyl (C=O) groups excluding carboxylic acids is 1. The van der Waals surface area contributed by atoms with Crippen LogP contribution in [0.2, 0.25) is 5.02 Å². The summed E-state index contributed by atoms with van der Waals surface area (Å²) >= 11 is 5.91. The van der Waals surface area contributed by atoms with Crippen molar-refractivity contribution in [3.8, 4) is 11.5 Å². The Bertz CT molecular complexity index is 813. The van der Waals surface area contributed by atoms with Crippen LogP contribution in [-0.4, -0.2) is 30.5 Å². The zero-order valence-corrected chi connectivity index (χ0v) is 16.2. The van der Waals surface area contributed by atoms with Crippen LogP contribution in [0.3, 0.4) is 0 Å². The van der Waals surface area contributed by atoms with Crippen LogP contribution in [0, 0.1) is 5.92 Å². The summed E-state index contributed by atoms with van der Waals surface area (Å²) in [4.78, 5) is 15.1. The highest BCUT2D eigenvalue weighted by atomic mass is 35.5. The minimum atomic E-state index is 0.104. The number of benzene rings is 2. The van der Waals surface area contributed by atoms with Crippen LogP contribution in [0.15, 0.2) is 42.5 Å². The number of carbonyl (C=O) groups is 1. The quantitative estimate of drug-likeness (QED) is 0.645. The minimum Gasteiger partial charge on any atom is -0.493 e. The Morgan fingerprint density at radius 2 is 1.81 bits per heavy atom. The third kappa shape index (κ3) is 4.56. The molecule has 2 aromatic carbocycles. The molecule has 2 saturated carbocycles. The monoisotopic (exact) mass is 385 g/mol. The number of hydrogen-bond acceptors (Lipinski definition) is 3. The van der Waals surface area contributed by atoms with Crippen LogP contribution in [-0.2, 0) is 6.61 Å². The van der Waals surface area contributed by atoms with Gasteiger partial charge in [-0.15, -0.1) is 0 Å². The molecule has 0 unspecified atom stereocenters. The molecule has 4 rings (SSSR count). The van der Waals surface area contributed by atoms with Crippen molar-refractivity contribution in [3.63, 3.8) is 0 Å². The molecule has 142 valence electrons. The third-order valence-electron chi connectivity index (χ3n) is 5.12. The summed E-state index contributed by atoms with van der Waals surface area (Å²) in [5.41, 5.74) is 1.68. The molecule has 2 fully saturated rings. The summed E-state index contributed by atoms with van der Waals surface area (Å²) in [7, 11) is 1.60. The van der Waals surface area contributed by atoms with Crippen LogP contribution in [0.25, 0.3) is 0 Å². The summed E-state index contributed by atoms with van der Waals surface area (Å²) in [6, 6.07) is 13.4. The van der Waals surface area contributed by atoms with Crippen LogP contribution >= 0.6 is 11.6 Å². The summed E-state index contributed by atoms with van der Waals surface area (Å²) < 4.78 is 11.4. The molecule has 0 saturated heterocycles. The average Bonchev–Trinajstić information content (AvgIpc) is 3.59.